The van der Waals surface area contributed by atoms with E-state index in [9.17, 15) is 29.7 Å². The number of aliphatic hydroxyl groups excluding tert-OH is 1. The summed E-state index contributed by atoms with van der Waals surface area (Å²) in [6.45, 7) is -0.200. The second kappa shape index (κ2) is 7.37. The molecule has 0 unspecified atom stereocenters. The van der Waals surface area contributed by atoms with E-state index in [1.807, 2.05) is 0 Å². The van der Waals surface area contributed by atoms with Crippen LogP contribution in [0.3, 0.4) is 0 Å². The first-order chi connectivity index (χ1) is 13.3. The summed E-state index contributed by atoms with van der Waals surface area (Å²) >= 11 is 0. The molecule has 0 aliphatic heterocycles. The van der Waals surface area contributed by atoms with E-state index in [0.29, 0.717) is 16.7 Å². The van der Waals surface area contributed by atoms with Gasteiger partial charge in [-0.05, 0) is 28.3 Å². The Balaban J connectivity index is 2.45. The summed E-state index contributed by atoms with van der Waals surface area (Å²) < 4.78 is 0. The molecule has 0 radical (unpaired) electrons. The Labute approximate surface area is 158 Å². The van der Waals surface area contributed by atoms with Gasteiger partial charge in [0.15, 0.2) is 0 Å². The first-order valence-electron chi connectivity index (χ1n) is 8.17. The molecular formula is C20H16N2O6. The van der Waals surface area contributed by atoms with Gasteiger partial charge in [0, 0.05) is 5.56 Å². The zero-order valence-electron chi connectivity index (χ0n) is 14.5. The first-order valence-corrected chi connectivity index (χ1v) is 8.17. The molecule has 0 atom stereocenters. The van der Waals surface area contributed by atoms with Crippen molar-refractivity contribution in [2.75, 3.05) is 5.73 Å². The number of hydrogen-bond donors (Lipinski definition) is 5. The molecule has 0 aliphatic carbocycles. The number of carboxylic acids is 2. The van der Waals surface area contributed by atoms with Gasteiger partial charge in [0.1, 0.15) is 16.9 Å². The maximum absolute atomic E-state index is 12.3. The Bertz CT molecular complexity index is 1150. The number of aliphatic hydroxyl groups is 1. The molecule has 2 aromatic carbocycles. The molecule has 28 heavy (non-hydrogen) atoms. The third-order valence-electron chi connectivity index (χ3n) is 4.29. The van der Waals surface area contributed by atoms with Crippen molar-refractivity contribution in [1.82, 2.24) is 4.98 Å². The lowest BCUT2D eigenvalue weighted by Gasteiger charge is -2.16. The molecule has 1 aromatic heterocycles. The fraction of sp³-hybridized carbons (Fsp3) is 0.0500. The number of carboxylic acid groups (broad SMARTS) is 2. The highest BCUT2D eigenvalue weighted by Crippen LogP contribution is 2.37. The number of carbonyl (C=O) groups is 2. The van der Waals surface area contributed by atoms with Gasteiger partial charge < -0.3 is 26.0 Å². The van der Waals surface area contributed by atoms with Crippen molar-refractivity contribution >= 4 is 17.8 Å². The van der Waals surface area contributed by atoms with Gasteiger partial charge in [-0.3, -0.25) is 4.79 Å². The molecule has 0 aliphatic rings. The SMILES string of the molecule is Nc1[nH]c(=O)c(C(=O)O)c(-c2ccccc2-c2cccc(CO)c2)c1C(=O)O. The molecule has 0 spiro atoms. The lowest BCUT2D eigenvalue weighted by Crippen LogP contribution is -2.24. The molecule has 3 aromatic rings. The zero-order valence-corrected chi connectivity index (χ0v) is 14.5. The van der Waals surface area contributed by atoms with Gasteiger partial charge in [-0.15, -0.1) is 0 Å². The fourth-order valence-electron chi connectivity index (χ4n) is 3.11. The van der Waals surface area contributed by atoms with E-state index in [0.717, 1.165) is 0 Å². The minimum Gasteiger partial charge on any atom is -0.478 e. The van der Waals surface area contributed by atoms with Gasteiger partial charge >= 0.3 is 11.9 Å². The summed E-state index contributed by atoms with van der Waals surface area (Å²) in [5.41, 5.74) is 5.18. The van der Waals surface area contributed by atoms with Crippen LogP contribution in [0.25, 0.3) is 22.3 Å². The summed E-state index contributed by atoms with van der Waals surface area (Å²) in [6, 6.07) is 13.3. The summed E-state index contributed by atoms with van der Waals surface area (Å²) in [4.78, 5) is 37.9. The summed E-state index contributed by atoms with van der Waals surface area (Å²) in [5, 5.41) is 28.6. The Hall–Kier alpha value is -3.91. The van der Waals surface area contributed by atoms with Crippen molar-refractivity contribution < 1.29 is 24.9 Å². The van der Waals surface area contributed by atoms with Crippen LogP contribution in [0.5, 0.6) is 0 Å². The predicted octanol–water partition coefficient (Wildman–Crippen LogP) is 2.18. The van der Waals surface area contributed by atoms with E-state index in [-0.39, 0.29) is 17.7 Å². The van der Waals surface area contributed by atoms with Crippen LogP contribution in [0.4, 0.5) is 5.82 Å². The zero-order chi connectivity index (χ0) is 20.4. The number of anilines is 1. The molecule has 0 saturated heterocycles. The topological polar surface area (TPSA) is 154 Å². The molecule has 1 heterocycles. The average molecular weight is 380 g/mol. The molecule has 0 fully saturated rings. The van der Waals surface area contributed by atoms with Crippen LogP contribution in [0, 0.1) is 0 Å². The lowest BCUT2D eigenvalue weighted by molar-refractivity contribution is 0.0695. The monoisotopic (exact) mass is 380 g/mol. The maximum Gasteiger partial charge on any atom is 0.342 e. The van der Waals surface area contributed by atoms with Crippen LogP contribution in [-0.4, -0.2) is 32.2 Å². The molecular weight excluding hydrogens is 364 g/mol. The number of nitrogens with two attached hydrogens (primary N) is 1. The number of H-pyrrole nitrogens is 1. The first kappa shape index (κ1) is 18.9. The number of benzene rings is 2. The molecule has 0 saturated carbocycles. The van der Waals surface area contributed by atoms with Gasteiger partial charge in [-0.1, -0.05) is 42.5 Å². The summed E-state index contributed by atoms with van der Waals surface area (Å²) in [6.07, 6.45) is 0. The smallest absolute Gasteiger partial charge is 0.342 e. The quantitative estimate of drug-likeness (QED) is 0.454. The highest BCUT2D eigenvalue weighted by molar-refractivity contribution is 6.09. The summed E-state index contributed by atoms with van der Waals surface area (Å²) in [7, 11) is 0. The van der Waals surface area contributed by atoms with Crippen LogP contribution >= 0.6 is 0 Å². The van der Waals surface area contributed by atoms with Gasteiger partial charge in [0.2, 0.25) is 0 Å². The van der Waals surface area contributed by atoms with Gasteiger partial charge in [-0.2, -0.15) is 0 Å². The molecule has 8 nitrogen and oxygen atoms in total. The van der Waals surface area contributed by atoms with E-state index in [2.05, 4.69) is 4.98 Å². The lowest BCUT2D eigenvalue weighted by atomic mass is 9.89. The van der Waals surface area contributed by atoms with Crippen molar-refractivity contribution in [3.8, 4) is 22.3 Å². The fourth-order valence-corrected chi connectivity index (χ4v) is 3.11. The van der Waals surface area contributed by atoms with E-state index in [1.54, 1.807) is 42.5 Å². The van der Waals surface area contributed by atoms with Crippen LogP contribution < -0.4 is 11.3 Å². The average Bonchev–Trinajstić information content (AvgIpc) is 2.66. The minimum absolute atomic E-state index is 0.200. The number of hydrogen-bond acceptors (Lipinski definition) is 5. The van der Waals surface area contributed by atoms with Gasteiger partial charge in [0.05, 0.1) is 6.61 Å². The number of nitrogen functional groups attached to an aromatic ring is 1. The third kappa shape index (κ3) is 3.24. The second-order valence-corrected chi connectivity index (χ2v) is 6.01. The van der Waals surface area contributed by atoms with Crippen molar-refractivity contribution in [3.05, 3.63) is 75.6 Å². The molecule has 0 bridgehead atoms. The predicted molar refractivity (Wildman–Crippen MR) is 102 cm³/mol. The normalized spacial score (nSPS) is 10.6. The van der Waals surface area contributed by atoms with E-state index in [4.69, 9.17) is 5.73 Å². The maximum atomic E-state index is 12.3. The molecule has 142 valence electrons. The standard InChI is InChI=1S/C20H16N2O6/c21-17-15(19(25)26)14(16(20(27)28)18(24)22-17)13-7-2-1-6-12(13)11-5-3-4-10(8-11)9-23/h1-8,23H,9H2,(H,25,26)(H,27,28)(H3,21,22,24). The molecule has 6 N–H and O–H groups in total. The van der Waals surface area contributed by atoms with Crippen molar-refractivity contribution in [1.29, 1.82) is 0 Å². The third-order valence-corrected chi connectivity index (χ3v) is 4.29. The van der Waals surface area contributed by atoms with Crippen molar-refractivity contribution in [2.24, 2.45) is 0 Å². The number of aromatic nitrogens is 1. The van der Waals surface area contributed by atoms with Crippen LogP contribution in [0.15, 0.2) is 53.3 Å². The summed E-state index contributed by atoms with van der Waals surface area (Å²) in [5.74, 6) is -3.47. The number of rotatable bonds is 5. The van der Waals surface area contributed by atoms with Crippen LogP contribution in [0.1, 0.15) is 26.3 Å². The highest BCUT2D eigenvalue weighted by Gasteiger charge is 2.28. The Morgan fingerprint density at radius 2 is 1.57 bits per heavy atom. The largest absolute Gasteiger partial charge is 0.478 e. The van der Waals surface area contributed by atoms with E-state index >= 15 is 0 Å². The number of aromatic carboxylic acids is 2. The Morgan fingerprint density at radius 3 is 2.18 bits per heavy atom. The van der Waals surface area contributed by atoms with Gasteiger partial charge in [0.25, 0.3) is 5.56 Å². The molecule has 0 amide bonds. The number of nitrogens with one attached hydrogen (secondary N) is 1. The highest BCUT2D eigenvalue weighted by atomic mass is 16.4. The van der Waals surface area contributed by atoms with Gasteiger partial charge in [-0.25, -0.2) is 9.59 Å². The minimum atomic E-state index is -1.57. The van der Waals surface area contributed by atoms with E-state index in [1.165, 1.54) is 6.07 Å². The molecule has 3 rings (SSSR count). The number of aromatic amines is 1. The van der Waals surface area contributed by atoms with Crippen molar-refractivity contribution in [3.63, 3.8) is 0 Å². The Morgan fingerprint density at radius 1 is 0.929 bits per heavy atom. The van der Waals surface area contributed by atoms with E-state index < -0.39 is 34.4 Å². The van der Waals surface area contributed by atoms with Crippen LogP contribution in [-0.2, 0) is 6.61 Å². The second-order valence-electron chi connectivity index (χ2n) is 6.01. The van der Waals surface area contributed by atoms with Crippen LogP contribution in [0.2, 0.25) is 0 Å². The Kier molecular flexibility index (Phi) is 4.97. The number of pyridine rings is 1. The van der Waals surface area contributed by atoms with Crippen molar-refractivity contribution in [2.45, 2.75) is 6.61 Å². The molecule has 8 heteroatoms.